The van der Waals surface area contributed by atoms with Crippen LogP contribution in [-0.4, -0.2) is 12.0 Å². The van der Waals surface area contributed by atoms with Crippen molar-refractivity contribution in [2.75, 3.05) is 0 Å². The van der Waals surface area contributed by atoms with E-state index in [1.54, 1.807) is 6.92 Å². The number of ether oxygens (including phenoxy) is 1. The van der Waals surface area contributed by atoms with E-state index in [2.05, 4.69) is 37.4 Å². The van der Waals surface area contributed by atoms with Crippen LogP contribution < -0.4 is 10.1 Å². The minimum Gasteiger partial charge on any atom is -0.481 e. The first-order valence-corrected chi connectivity index (χ1v) is 9.07. The molecule has 2 rings (SSSR count). The Kier molecular flexibility index (Phi) is 6.63. The van der Waals surface area contributed by atoms with Crippen LogP contribution >= 0.6 is 0 Å². The molecule has 1 unspecified atom stereocenters. The summed E-state index contributed by atoms with van der Waals surface area (Å²) in [5.41, 5.74) is 6.00. The molecule has 2 aromatic rings. The third-order valence-electron chi connectivity index (χ3n) is 4.74. The second-order valence-corrected chi connectivity index (χ2v) is 6.49. The molecule has 25 heavy (non-hydrogen) atoms. The predicted molar refractivity (Wildman–Crippen MR) is 103 cm³/mol. The van der Waals surface area contributed by atoms with Crippen molar-refractivity contribution < 1.29 is 9.53 Å². The van der Waals surface area contributed by atoms with E-state index in [4.69, 9.17) is 4.74 Å². The molecule has 1 N–H and O–H groups in total. The van der Waals surface area contributed by atoms with Gasteiger partial charge in [0.05, 0.1) is 0 Å². The zero-order valence-electron chi connectivity index (χ0n) is 16.0. The summed E-state index contributed by atoms with van der Waals surface area (Å²) in [5, 5.41) is 3.02. The maximum atomic E-state index is 12.4. The number of carbonyl (C=O) groups excluding carboxylic acids is 1. The van der Waals surface area contributed by atoms with E-state index in [0.29, 0.717) is 6.54 Å². The lowest BCUT2D eigenvalue weighted by Gasteiger charge is -2.18. The Morgan fingerprint density at radius 1 is 1.08 bits per heavy atom. The van der Waals surface area contributed by atoms with E-state index >= 15 is 0 Å². The van der Waals surface area contributed by atoms with Gasteiger partial charge in [-0.05, 0) is 67.5 Å². The summed E-state index contributed by atoms with van der Waals surface area (Å²) in [4.78, 5) is 12.4. The van der Waals surface area contributed by atoms with Crippen LogP contribution in [0.4, 0.5) is 0 Å². The molecule has 0 saturated carbocycles. The SMILES string of the molecule is CCc1ccc(CC)c(CNC(=O)C(C)Oc2cccc(C)c2C)c1. The summed E-state index contributed by atoms with van der Waals surface area (Å²) in [5.74, 6) is 0.676. The first kappa shape index (κ1) is 19.0. The lowest BCUT2D eigenvalue weighted by Crippen LogP contribution is -2.36. The monoisotopic (exact) mass is 339 g/mol. The summed E-state index contributed by atoms with van der Waals surface area (Å²) in [6.45, 7) is 10.7. The molecule has 0 bridgehead atoms. The Morgan fingerprint density at radius 2 is 1.84 bits per heavy atom. The van der Waals surface area contributed by atoms with Crippen LogP contribution in [0.15, 0.2) is 36.4 Å². The Balaban J connectivity index is 2.01. The summed E-state index contributed by atoms with van der Waals surface area (Å²) < 4.78 is 5.87. The van der Waals surface area contributed by atoms with Crippen molar-refractivity contribution >= 4 is 5.91 Å². The fraction of sp³-hybridized carbons (Fsp3) is 0.409. The van der Waals surface area contributed by atoms with E-state index in [1.807, 2.05) is 32.0 Å². The highest BCUT2D eigenvalue weighted by Crippen LogP contribution is 2.22. The molecule has 2 aromatic carbocycles. The smallest absolute Gasteiger partial charge is 0.261 e. The van der Waals surface area contributed by atoms with Gasteiger partial charge < -0.3 is 10.1 Å². The lowest BCUT2D eigenvalue weighted by atomic mass is 10.0. The molecule has 3 heteroatoms. The Labute approximate surface area is 151 Å². The number of benzene rings is 2. The number of hydrogen-bond donors (Lipinski definition) is 1. The van der Waals surface area contributed by atoms with Gasteiger partial charge in [0.1, 0.15) is 5.75 Å². The van der Waals surface area contributed by atoms with Gasteiger partial charge in [-0.25, -0.2) is 0 Å². The summed E-state index contributed by atoms with van der Waals surface area (Å²) >= 11 is 0. The van der Waals surface area contributed by atoms with Gasteiger partial charge in [0.15, 0.2) is 6.10 Å². The van der Waals surface area contributed by atoms with Crippen LogP contribution in [0, 0.1) is 13.8 Å². The van der Waals surface area contributed by atoms with Gasteiger partial charge in [0, 0.05) is 6.54 Å². The molecule has 0 radical (unpaired) electrons. The third-order valence-corrected chi connectivity index (χ3v) is 4.74. The zero-order chi connectivity index (χ0) is 18.4. The van der Waals surface area contributed by atoms with E-state index in [-0.39, 0.29) is 5.91 Å². The molecule has 1 atom stereocenters. The summed E-state index contributed by atoms with van der Waals surface area (Å²) in [7, 11) is 0. The molecule has 0 heterocycles. The molecule has 1 amide bonds. The quantitative estimate of drug-likeness (QED) is 0.806. The van der Waals surface area contributed by atoms with Crippen molar-refractivity contribution in [1.29, 1.82) is 0 Å². The molecule has 134 valence electrons. The van der Waals surface area contributed by atoms with Crippen molar-refractivity contribution in [3.63, 3.8) is 0 Å². The van der Waals surface area contributed by atoms with Gasteiger partial charge in [-0.3, -0.25) is 4.79 Å². The second kappa shape index (κ2) is 8.70. The third kappa shape index (κ3) is 4.85. The number of carbonyl (C=O) groups is 1. The largest absolute Gasteiger partial charge is 0.481 e. The minimum atomic E-state index is -0.528. The highest BCUT2D eigenvalue weighted by Gasteiger charge is 2.16. The van der Waals surface area contributed by atoms with Crippen LogP contribution in [0.3, 0.4) is 0 Å². The van der Waals surface area contributed by atoms with Gasteiger partial charge >= 0.3 is 0 Å². The Morgan fingerprint density at radius 3 is 2.52 bits per heavy atom. The summed E-state index contributed by atoms with van der Waals surface area (Å²) in [6, 6.07) is 12.4. The molecule has 0 aromatic heterocycles. The molecule has 0 aliphatic rings. The van der Waals surface area contributed by atoms with E-state index in [1.165, 1.54) is 16.7 Å². The summed E-state index contributed by atoms with van der Waals surface area (Å²) in [6.07, 6.45) is 1.43. The van der Waals surface area contributed by atoms with Gasteiger partial charge in [-0.15, -0.1) is 0 Å². The van der Waals surface area contributed by atoms with E-state index in [0.717, 1.165) is 29.7 Å². The van der Waals surface area contributed by atoms with Crippen molar-refractivity contribution in [2.45, 2.75) is 60.1 Å². The van der Waals surface area contributed by atoms with Crippen LogP contribution in [0.2, 0.25) is 0 Å². The van der Waals surface area contributed by atoms with Crippen molar-refractivity contribution in [3.8, 4) is 5.75 Å². The minimum absolute atomic E-state index is 0.0927. The first-order valence-electron chi connectivity index (χ1n) is 9.07. The Bertz CT molecular complexity index is 737. The molecule has 0 saturated heterocycles. The van der Waals surface area contributed by atoms with Gasteiger partial charge in [-0.1, -0.05) is 44.2 Å². The number of rotatable bonds is 7. The van der Waals surface area contributed by atoms with Gasteiger partial charge in [-0.2, -0.15) is 0 Å². The van der Waals surface area contributed by atoms with Crippen LogP contribution in [0.25, 0.3) is 0 Å². The van der Waals surface area contributed by atoms with E-state index < -0.39 is 6.10 Å². The van der Waals surface area contributed by atoms with Gasteiger partial charge in [0.25, 0.3) is 5.91 Å². The first-order chi connectivity index (χ1) is 12.0. The maximum absolute atomic E-state index is 12.4. The number of nitrogens with one attached hydrogen (secondary N) is 1. The predicted octanol–water partition coefficient (Wildman–Crippen LogP) is 4.51. The molecule has 3 nitrogen and oxygen atoms in total. The fourth-order valence-electron chi connectivity index (χ4n) is 2.83. The van der Waals surface area contributed by atoms with Crippen LogP contribution in [0.5, 0.6) is 5.75 Å². The van der Waals surface area contributed by atoms with Gasteiger partial charge in [0.2, 0.25) is 0 Å². The van der Waals surface area contributed by atoms with Crippen LogP contribution in [-0.2, 0) is 24.2 Å². The molecule has 0 aliphatic heterocycles. The fourth-order valence-corrected chi connectivity index (χ4v) is 2.83. The Hall–Kier alpha value is -2.29. The van der Waals surface area contributed by atoms with Crippen LogP contribution in [0.1, 0.15) is 48.6 Å². The number of aryl methyl sites for hydroxylation is 3. The second-order valence-electron chi connectivity index (χ2n) is 6.49. The van der Waals surface area contributed by atoms with E-state index in [9.17, 15) is 4.79 Å². The molecule has 0 spiro atoms. The van der Waals surface area contributed by atoms with Crippen molar-refractivity contribution in [2.24, 2.45) is 0 Å². The standard InChI is InChI=1S/C22H29NO2/c1-6-18-11-12-19(7-2)20(13-18)14-23-22(24)17(5)25-21-10-8-9-15(3)16(21)4/h8-13,17H,6-7,14H2,1-5H3,(H,23,24). The highest BCUT2D eigenvalue weighted by molar-refractivity contribution is 5.80. The molecule has 0 fully saturated rings. The van der Waals surface area contributed by atoms with Crippen molar-refractivity contribution in [1.82, 2.24) is 5.32 Å². The lowest BCUT2D eigenvalue weighted by molar-refractivity contribution is -0.127. The molecular weight excluding hydrogens is 310 g/mol. The highest BCUT2D eigenvalue weighted by atomic mass is 16.5. The maximum Gasteiger partial charge on any atom is 0.261 e. The molecule has 0 aliphatic carbocycles. The average Bonchev–Trinajstić information content (AvgIpc) is 2.63. The number of hydrogen-bond acceptors (Lipinski definition) is 2. The average molecular weight is 339 g/mol. The van der Waals surface area contributed by atoms with Crippen molar-refractivity contribution in [3.05, 3.63) is 64.2 Å². The normalized spacial score (nSPS) is 11.9. The topological polar surface area (TPSA) is 38.3 Å². The number of amides is 1. The zero-order valence-corrected chi connectivity index (χ0v) is 16.0. The molecular formula is C22H29NO2.